The lowest BCUT2D eigenvalue weighted by molar-refractivity contribution is 0.414. The summed E-state index contributed by atoms with van der Waals surface area (Å²) in [6, 6.07) is 15.2. The minimum Gasteiger partial charge on any atom is -0.497 e. The van der Waals surface area contributed by atoms with Gasteiger partial charge in [-0.2, -0.15) is 0 Å². The van der Waals surface area contributed by atoms with Crippen LogP contribution < -0.4 is 21.1 Å². The molecule has 2 heterocycles. The topological polar surface area (TPSA) is 64.8 Å². The number of benzene rings is 2. The largest absolute Gasteiger partial charge is 0.497 e. The zero-order valence-corrected chi connectivity index (χ0v) is 17.3. The molecule has 0 saturated carbocycles. The van der Waals surface area contributed by atoms with Gasteiger partial charge in [-0.05, 0) is 29.3 Å². The van der Waals surface area contributed by atoms with E-state index in [0.29, 0.717) is 39.5 Å². The van der Waals surface area contributed by atoms with E-state index in [2.05, 4.69) is 23.1 Å². The van der Waals surface area contributed by atoms with Crippen LogP contribution in [0.4, 0.5) is 0 Å². The maximum Gasteiger partial charge on any atom is 0.326 e. The normalized spacial score (nSPS) is 12.2. The van der Waals surface area contributed by atoms with Gasteiger partial charge in [0.1, 0.15) is 11.1 Å². The zero-order chi connectivity index (χ0) is 21.3. The molecule has 0 aliphatic heterocycles. The van der Waals surface area contributed by atoms with Crippen LogP contribution in [0.25, 0.3) is 13.2 Å². The number of nitrogens with one attached hydrogen (secondary N) is 1. The van der Waals surface area contributed by atoms with Crippen LogP contribution in [0, 0.1) is 10.7 Å². The highest BCUT2D eigenvalue weighted by molar-refractivity contribution is 6.31. The van der Waals surface area contributed by atoms with E-state index in [1.54, 1.807) is 18.0 Å². The van der Waals surface area contributed by atoms with Crippen molar-refractivity contribution in [2.24, 2.45) is 0 Å². The Kier molecular flexibility index (Phi) is 5.33. The third-order valence-corrected chi connectivity index (χ3v) is 5.44. The number of nitrogens with zero attached hydrogens (tertiary/aromatic N) is 3. The van der Waals surface area contributed by atoms with Gasteiger partial charge in [-0.25, -0.2) is 9.78 Å². The van der Waals surface area contributed by atoms with E-state index in [-0.39, 0.29) is 5.69 Å². The van der Waals surface area contributed by atoms with Gasteiger partial charge in [0.2, 0.25) is 0 Å². The summed E-state index contributed by atoms with van der Waals surface area (Å²) in [5.74, 6) is 0.765. The molecule has 1 N–H and O–H groups in total. The van der Waals surface area contributed by atoms with Crippen molar-refractivity contribution in [3.8, 4) is 5.75 Å². The highest BCUT2D eigenvalue weighted by Gasteiger charge is 2.07. The second-order valence-electron chi connectivity index (χ2n) is 6.95. The lowest BCUT2D eigenvalue weighted by Gasteiger charge is -2.04. The Morgan fingerprint density at radius 3 is 2.50 bits per heavy atom. The van der Waals surface area contributed by atoms with Crippen LogP contribution in [0.1, 0.15) is 11.1 Å². The molecule has 2 aromatic heterocycles. The second kappa shape index (κ2) is 8.08. The number of H-pyrrole nitrogens is 1. The number of imidazole rings is 2. The molecular formula is C23H21ClN4O2. The van der Waals surface area contributed by atoms with E-state index in [1.807, 2.05) is 53.1 Å². The van der Waals surface area contributed by atoms with Crippen molar-refractivity contribution in [1.82, 2.24) is 19.1 Å². The van der Waals surface area contributed by atoms with E-state index in [4.69, 9.17) is 16.3 Å². The van der Waals surface area contributed by atoms with E-state index < -0.39 is 0 Å². The van der Waals surface area contributed by atoms with Crippen molar-refractivity contribution >= 4 is 24.8 Å². The first-order valence-electron chi connectivity index (χ1n) is 9.36. The summed E-state index contributed by atoms with van der Waals surface area (Å²) in [5, 5.41) is 3.08. The van der Waals surface area contributed by atoms with Crippen molar-refractivity contribution in [2.75, 3.05) is 7.11 Å². The summed E-state index contributed by atoms with van der Waals surface area (Å²) in [6.07, 6.45) is 1.69. The average molecular weight is 421 g/mol. The number of methoxy groups -OCH3 is 1. The van der Waals surface area contributed by atoms with Crippen LogP contribution in [0.5, 0.6) is 5.75 Å². The van der Waals surface area contributed by atoms with Gasteiger partial charge < -0.3 is 14.3 Å². The molecule has 4 rings (SSSR count). The monoisotopic (exact) mass is 420 g/mol. The molecule has 0 aliphatic rings. The number of ether oxygens (including phenoxy) is 1. The fraction of sp³-hybridized carbons (Fsp3) is 0.130. The summed E-state index contributed by atoms with van der Waals surface area (Å²) >= 11 is 6.27. The predicted octanol–water partition coefficient (Wildman–Crippen LogP) is 2.24. The van der Waals surface area contributed by atoms with Crippen LogP contribution >= 0.6 is 11.6 Å². The standard InChI is InChI=1S/C23H21ClN4O2/c1-15-21(25-14-27(15)13-18-6-4-5-7-20(18)24)22-16(2)28(23(29)26-22)12-17-8-10-19(30-3)11-9-17/h4-11,14H,1-2,12-13H2,3H3,(H,26,29)/b22-21-. The Morgan fingerprint density at radius 1 is 1.07 bits per heavy atom. The predicted molar refractivity (Wildman–Crippen MR) is 118 cm³/mol. The lowest BCUT2D eigenvalue weighted by atomic mass is 10.2. The Hall–Kier alpha value is -3.51. The fourth-order valence-electron chi connectivity index (χ4n) is 3.34. The smallest absolute Gasteiger partial charge is 0.326 e. The zero-order valence-electron chi connectivity index (χ0n) is 16.6. The van der Waals surface area contributed by atoms with E-state index >= 15 is 0 Å². The summed E-state index contributed by atoms with van der Waals surface area (Å²) < 4.78 is 8.67. The third kappa shape index (κ3) is 3.69. The molecule has 30 heavy (non-hydrogen) atoms. The van der Waals surface area contributed by atoms with Crippen molar-refractivity contribution in [2.45, 2.75) is 13.1 Å². The minimum absolute atomic E-state index is 0.245. The van der Waals surface area contributed by atoms with E-state index in [1.165, 1.54) is 0 Å². The average Bonchev–Trinajstić information content (AvgIpc) is 3.24. The summed E-state index contributed by atoms with van der Waals surface area (Å²) in [7, 11) is 1.62. The molecule has 0 aliphatic carbocycles. The number of rotatable bonds is 5. The van der Waals surface area contributed by atoms with Crippen LogP contribution in [0.2, 0.25) is 5.02 Å². The fourth-order valence-corrected chi connectivity index (χ4v) is 3.54. The van der Waals surface area contributed by atoms with Crippen molar-refractivity contribution < 1.29 is 4.74 Å². The first-order valence-corrected chi connectivity index (χ1v) is 9.74. The molecule has 4 aromatic rings. The lowest BCUT2D eigenvalue weighted by Crippen LogP contribution is -2.26. The number of halogens is 1. The first-order chi connectivity index (χ1) is 14.5. The van der Waals surface area contributed by atoms with Gasteiger partial charge in [-0.3, -0.25) is 4.57 Å². The molecule has 0 radical (unpaired) electrons. The molecule has 0 spiro atoms. The Bertz CT molecular complexity index is 1450. The third-order valence-electron chi connectivity index (χ3n) is 5.07. The van der Waals surface area contributed by atoms with Crippen LogP contribution in [-0.4, -0.2) is 26.2 Å². The maximum atomic E-state index is 12.6. The molecule has 7 heteroatoms. The molecule has 0 fully saturated rings. The van der Waals surface area contributed by atoms with E-state index in [9.17, 15) is 4.79 Å². The molecule has 152 valence electrons. The SMILES string of the molecule is C=c1/c(=c2/[nH]c(=O)n(Cc3ccc(OC)cc3)c2=C)ncn1Cc1ccccc1Cl. The first kappa shape index (κ1) is 19.8. The van der Waals surface area contributed by atoms with Crippen molar-refractivity contribution in [3.05, 3.63) is 103 Å². The van der Waals surface area contributed by atoms with Gasteiger partial charge in [-0.15, -0.1) is 0 Å². The molecule has 0 bridgehead atoms. The van der Waals surface area contributed by atoms with Crippen molar-refractivity contribution in [3.63, 3.8) is 0 Å². The van der Waals surface area contributed by atoms with Gasteiger partial charge in [0.05, 0.1) is 42.6 Å². The number of aromatic amines is 1. The van der Waals surface area contributed by atoms with Gasteiger partial charge in [0.15, 0.2) is 0 Å². The number of aromatic nitrogens is 4. The number of hydrogen-bond donors (Lipinski definition) is 1. The molecular weight excluding hydrogens is 400 g/mol. The van der Waals surface area contributed by atoms with E-state index in [0.717, 1.165) is 16.9 Å². The Labute approximate surface area is 177 Å². The van der Waals surface area contributed by atoms with Gasteiger partial charge in [0.25, 0.3) is 0 Å². The molecule has 2 aromatic carbocycles. The summed E-state index contributed by atoms with van der Waals surface area (Å²) in [5.41, 5.74) is 1.69. The quantitative estimate of drug-likeness (QED) is 0.538. The second-order valence-corrected chi connectivity index (χ2v) is 7.35. The number of hydrogen-bond acceptors (Lipinski definition) is 3. The van der Waals surface area contributed by atoms with Gasteiger partial charge >= 0.3 is 5.69 Å². The van der Waals surface area contributed by atoms with Crippen LogP contribution in [0.3, 0.4) is 0 Å². The Balaban J connectivity index is 1.76. The van der Waals surface area contributed by atoms with Gasteiger partial charge in [-0.1, -0.05) is 55.1 Å². The molecule has 0 amide bonds. The van der Waals surface area contributed by atoms with Gasteiger partial charge in [0, 0.05) is 5.02 Å². The minimum atomic E-state index is -0.245. The molecule has 0 unspecified atom stereocenters. The van der Waals surface area contributed by atoms with Crippen LogP contribution in [-0.2, 0) is 13.1 Å². The highest BCUT2D eigenvalue weighted by Crippen LogP contribution is 2.15. The molecule has 0 atom stereocenters. The Morgan fingerprint density at radius 2 is 1.80 bits per heavy atom. The maximum absolute atomic E-state index is 12.6. The molecule has 0 saturated heterocycles. The highest BCUT2D eigenvalue weighted by atomic mass is 35.5. The summed E-state index contributed by atoms with van der Waals surface area (Å²) in [4.78, 5) is 19.9. The summed E-state index contributed by atoms with van der Waals surface area (Å²) in [6.45, 7) is 9.19. The van der Waals surface area contributed by atoms with Crippen molar-refractivity contribution in [1.29, 1.82) is 0 Å². The van der Waals surface area contributed by atoms with Crippen LogP contribution in [0.15, 0.2) is 59.7 Å². The molecule has 6 nitrogen and oxygen atoms in total.